The van der Waals surface area contributed by atoms with Gasteiger partial charge in [0.25, 0.3) is 0 Å². The molecule has 5 aromatic rings. The molecule has 3 amide bonds. The van der Waals surface area contributed by atoms with Gasteiger partial charge in [-0.3, -0.25) is 9.59 Å². The maximum absolute atomic E-state index is 13.5. The Morgan fingerprint density at radius 2 is 1.44 bits per heavy atom. The van der Waals surface area contributed by atoms with Crippen LogP contribution in [0.15, 0.2) is 67.1 Å². The summed E-state index contributed by atoms with van der Waals surface area (Å²) in [4.78, 5) is 64.9. The van der Waals surface area contributed by atoms with Crippen molar-refractivity contribution in [2.75, 3.05) is 13.7 Å². The Kier molecular flexibility index (Phi) is 10.0. The van der Waals surface area contributed by atoms with Gasteiger partial charge in [-0.15, -0.1) is 0 Å². The molecule has 0 radical (unpaired) electrons. The third-order valence-corrected chi connectivity index (χ3v) is 11.9. The van der Waals surface area contributed by atoms with Crippen LogP contribution in [0, 0.1) is 30.6 Å². The highest BCUT2D eigenvalue weighted by molar-refractivity contribution is 5.86. The number of likely N-dealkylation sites (tertiary alicyclic amines) is 1. The number of hydrogen-bond donors (Lipinski definition) is 5. The van der Waals surface area contributed by atoms with Crippen molar-refractivity contribution in [3.63, 3.8) is 0 Å². The summed E-state index contributed by atoms with van der Waals surface area (Å²) < 4.78 is 4.76. The zero-order valence-electron chi connectivity index (χ0n) is 31.8. The van der Waals surface area contributed by atoms with Crippen LogP contribution in [0.5, 0.6) is 0 Å². The van der Waals surface area contributed by atoms with Crippen molar-refractivity contribution < 1.29 is 19.1 Å². The minimum Gasteiger partial charge on any atom is -0.453 e. The summed E-state index contributed by atoms with van der Waals surface area (Å²) in [5.41, 5.74) is 7.03. The number of amides is 3. The summed E-state index contributed by atoms with van der Waals surface area (Å²) in [5, 5.41) is 5.84. The largest absolute Gasteiger partial charge is 0.453 e. The predicted molar refractivity (Wildman–Crippen MR) is 207 cm³/mol. The molecular weight excluding hydrogens is 695 g/mol. The Hall–Kier alpha value is -5.72. The Morgan fingerprint density at radius 3 is 2.05 bits per heavy atom. The van der Waals surface area contributed by atoms with Crippen LogP contribution in [0.1, 0.15) is 81.1 Å². The summed E-state index contributed by atoms with van der Waals surface area (Å²) in [6.07, 6.45) is 9.84. The maximum Gasteiger partial charge on any atom is 0.407 e. The van der Waals surface area contributed by atoms with Crippen LogP contribution in [0.3, 0.4) is 0 Å². The lowest BCUT2D eigenvalue weighted by Gasteiger charge is -2.30. The molecule has 13 nitrogen and oxygen atoms in total. The quantitative estimate of drug-likeness (QED) is 0.101. The number of hydrogen-bond acceptors (Lipinski definition) is 7. The van der Waals surface area contributed by atoms with Crippen molar-refractivity contribution in [2.24, 2.45) is 23.7 Å². The average Bonchev–Trinajstić information content (AvgIpc) is 4.06. The van der Waals surface area contributed by atoms with E-state index in [-0.39, 0.29) is 35.6 Å². The van der Waals surface area contributed by atoms with E-state index >= 15 is 0 Å². The van der Waals surface area contributed by atoms with Gasteiger partial charge in [-0.1, -0.05) is 62.4 Å². The number of alkyl carbamates (subject to hydrolysis) is 1. The van der Waals surface area contributed by atoms with Gasteiger partial charge < -0.3 is 35.2 Å². The Bertz CT molecular complexity index is 2150. The Morgan fingerprint density at radius 1 is 0.818 bits per heavy atom. The molecule has 3 aliphatic rings. The molecule has 3 fully saturated rings. The summed E-state index contributed by atoms with van der Waals surface area (Å²) in [7, 11) is 1.30. The normalized spacial score (nSPS) is 22.3. The second-order valence-electron chi connectivity index (χ2n) is 15.7. The van der Waals surface area contributed by atoms with E-state index in [0.29, 0.717) is 24.9 Å². The smallest absolute Gasteiger partial charge is 0.407 e. The molecule has 3 aromatic heterocycles. The Labute approximate surface area is 320 Å². The fourth-order valence-corrected chi connectivity index (χ4v) is 9.09. The van der Waals surface area contributed by atoms with Crippen molar-refractivity contribution in [3.05, 3.63) is 90.3 Å². The van der Waals surface area contributed by atoms with Gasteiger partial charge in [0.1, 0.15) is 23.5 Å². The number of carbonyl (C=O) groups excluding carboxylic acids is 3. The molecule has 2 saturated carbocycles. The number of imidazole rings is 3. The number of nitrogens with one attached hydrogen (secondary N) is 5. The molecule has 6 atom stereocenters. The lowest BCUT2D eigenvalue weighted by atomic mass is 9.78. The molecule has 2 bridgehead atoms. The first-order valence-electron chi connectivity index (χ1n) is 19.4. The first-order chi connectivity index (χ1) is 26.7. The third kappa shape index (κ3) is 7.27. The van der Waals surface area contributed by atoms with Crippen molar-refractivity contribution in [1.29, 1.82) is 0 Å². The van der Waals surface area contributed by atoms with Gasteiger partial charge in [-0.2, -0.15) is 0 Å². The molecule has 0 spiro atoms. The number of methoxy groups -OCH3 is 1. The number of carbonyl (C=O) groups is 3. The van der Waals surface area contributed by atoms with Crippen LogP contribution in [0.4, 0.5) is 4.79 Å². The number of ether oxygens (including phenoxy) is 1. The van der Waals surface area contributed by atoms with Gasteiger partial charge in [-0.05, 0) is 79.0 Å². The summed E-state index contributed by atoms with van der Waals surface area (Å²) in [5.74, 6) is 3.12. The van der Waals surface area contributed by atoms with E-state index in [2.05, 4.69) is 84.1 Å². The van der Waals surface area contributed by atoms with E-state index in [4.69, 9.17) is 9.72 Å². The van der Waals surface area contributed by atoms with Gasteiger partial charge in [0.05, 0.1) is 49.4 Å². The molecule has 2 aliphatic carbocycles. The van der Waals surface area contributed by atoms with Crippen molar-refractivity contribution in [1.82, 2.24) is 45.4 Å². The number of fused-ring (bicyclic) bond motifs is 2. The molecule has 0 unspecified atom stereocenters. The fourth-order valence-electron chi connectivity index (χ4n) is 9.09. The number of aromatic nitrogens is 6. The topological polar surface area (TPSA) is 174 Å². The van der Waals surface area contributed by atoms with Crippen LogP contribution in [-0.2, 0) is 20.9 Å². The molecule has 1 aliphatic heterocycles. The van der Waals surface area contributed by atoms with E-state index in [1.807, 2.05) is 38.1 Å². The standard InChI is InChI=1S/C42H49N9O4/c1-23(2)37(50-42(54)55-4)41(53)51-17-5-6-33(51)38-44-20-31(48-38)27-11-7-25(8-12-27)26-9-13-28(14-10-26)32-21-45-39(49-32)35-29-15-16-30(18-29)36(35)40(52)46-22-34-43-19-24(3)47-34/h7-14,19-21,23,29-30,33,35-37H,5-6,15-18,22H2,1-4H3,(H,43,47)(H,44,48)(H,45,49)(H,46,52)(H,50,54)/t29-,30+,33-,35+,36+,37-/m0/s1. The lowest BCUT2D eigenvalue weighted by Crippen LogP contribution is -2.51. The van der Waals surface area contributed by atoms with Crippen molar-refractivity contribution in [2.45, 2.75) is 77.4 Å². The van der Waals surface area contributed by atoms with Crippen LogP contribution in [-0.4, -0.2) is 72.4 Å². The minimum absolute atomic E-state index is 0.0849. The molecule has 2 aromatic carbocycles. The molecule has 5 N–H and O–H groups in total. The SMILES string of the molecule is COC(=O)N[C@H](C(=O)N1CCC[C@H]1c1ncc(-c2ccc(-c3ccc(-c4cnc([C@@H]5[C@H]6CC[C@H](C6)[C@H]5C(=O)NCc5ncc(C)[nH]5)[nH]4)cc3)cc2)[nH]1)C(C)C. The monoisotopic (exact) mass is 743 g/mol. The summed E-state index contributed by atoms with van der Waals surface area (Å²) in [6, 6.07) is 15.9. The maximum atomic E-state index is 13.5. The fraction of sp³-hybridized carbons (Fsp3) is 0.429. The minimum atomic E-state index is -0.677. The first-order valence-corrected chi connectivity index (χ1v) is 19.4. The van der Waals surface area contributed by atoms with Crippen LogP contribution < -0.4 is 10.6 Å². The van der Waals surface area contributed by atoms with Crippen molar-refractivity contribution >= 4 is 17.9 Å². The van der Waals surface area contributed by atoms with Gasteiger partial charge in [0, 0.05) is 24.4 Å². The molecular formula is C42H49N9O4. The van der Waals surface area contributed by atoms with Gasteiger partial charge in [-0.25, -0.2) is 19.7 Å². The second kappa shape index (κ2) is 15.2. The highest BCUT2D eigenvalue weighted by Gasteiger charge is 2.52. The average molecular weight is 744 g/mol. The zero-order valence-corrected chi connectivity index (χ0v) is 31.8. The van der Waals surface area contributed by atoms with Crippen LogP contribution >= 0.6 is 0 Å². The molecule has 13 heteroatoms. The van der Waals surface area contributed by atoms with E-state index in [0.717, 1.165) is 88.9 Å². The Balaban J connectivity index is 0.917. The highest BCUT2D eigenvalue weighted by atomic mass is 16.5. The first kappa shape index (κ1) is 36.3. The molecule has 55 heavy (non-hydrogen) atoms. The number of aromatic amines is 3. The van der Waals surface area contributed by atoms with E-state index in [1.54, 1.807) is 6.20 Å². The van der Waals surface area contributed by atoms with E-state index < -0.39 is 12.1 Å². The number of H-pyrrole nitrogens is 3. The van der Waals surface area contributed by atoms with Gasteiger partial charge in [0.15, 0.2) is 0 Å². The lowest BCUT2D eigenvalue weighted by molar-refractivity contribution is -0.135. The zero-order chi connectivity index (χ0) is 38.2. The van der Waals surface area contributed by atoms with Crippen molar-refractivity contribution in [3.8, 4) is 33.6 Å². The van der Waals surface area contributed by atoms with Crippen LogP contribution in [0.2, 0.25) is 0 Å². The second-order valence-corrected chi connectivity index (χ2v) is 15.7. The predicted octanol–water partition coefficient (Wildman–Crippen LogP) is 6.66. The molecule has 286 valence electrons. The summed E-state index contributed by atoms with van der Waals surface area (Å²) >= 11 is 0. The number of rotatable bonds is 11. The molecule has 4 heterocycles. The highest BCUT2D eigenvalue weighted by Crippen LogP contribution is 2.56. The third-order valence-electron chi connectivity index (χ3n) is 11.9. The van der Waals surface area contributed by atoms with E-state index in [9.17, 15) is 14.4 Å². The molecule has 1 saturated heterocycles. The van der Waals surface area contributed by atoms with Crippen LogP contribution in [0.25, 0.3) is 33.6 Å². The number of benzene rings is 2. The van der Waals surface area contributed by atoms with Gasteiger partial charge >= 0.3 is 6.09 Å². The van der Waals surface area contributed by atoms with E-state index in [1.165, 1.54) is 7.11 Å². The molecule has 8 rings (SSSR count). The number of aryl methyl sites for hydroxylation is 1. The van der Waals surface area contributed by atoms with Gasteiger partial charge in [0.2, 0.25) is 11.8 Å². The number of nitrogens with zero attached hydrogens (tertiary/aromatic N) is 4. The summed E-state index contributed by atoms with van der Waals surface area (Å²) in [6.45, 7) is 6.78.